The van der Waals surface area contributed by atoms with E-state index in [2.05, 4.69) is 18.1 Å². The van der Waals surface area contributed by atoms with Gasteiger partial charge in [-0.25, -0.2) is 0 Å². The van der Waals surface area contributed by atoms with E-state index in [0.29, 0.717) is 0 Å². The van der Waals surface area contributed by atoms with Gasteiger partial charge in [-0.05, 0) is 11.6 Å². The molecule has 0 aliphatic carbocycles. The molecule has 11 heavy (non-hydrogen) atoms. The molecule has 0 fully saturated rings. The molecule has 0 aromatic carbocycles. The minimum Gasteiger partial charge on any atom is -0.260 e. The molecule has 0 bridgehead atoms. The van der Waals surface area contributed by atoms with Crippen molar-refractivity contribution in [3.05, 3.63) is 48.8 Å². The highest BCUT2D eigenvalue weighted by Crippen LogP contribution is 2.01. The predicted molar refractivity (Wildman–Crippen MR) is 48.2 cm³/mol. The van der Waals surface area contributed by atoms with Crippen LogP contribution < -0.4 is 0 Å². The fourth-order valence-electron chi connectivity index (χ4n) is 0.825. The number of hydrogen-bond acceptors (Lipinski definition) is 1. The first-order valence-electron chi connectivity index (χ1n) is 3.55. The Labute approximate surface area is 67.1 Å². The molecule has 1 heteroatoms. The van der Waals surface area contributed by atoms with Gasteiger partial charge >= 0.3 is 0 Å². The average molecular weight is 145 g/mol. The highest BCUT2D eigenvalue weighted by atomic mass is 14.7. The van der Waals surface area contributed by atoms with Crippen LogP contribution in [0.3, 0.4) is 0 Å². The lowest BCUT2D eigenvalue weighted by Gasteiger charge is -1.95. The summed E-state index contributed by atoms with van der Waals surface area (Å²) in [6, 6.07) is 3.98. The van der Waals surface area contributed by atoms with E-state index in [1.54, 1.807) is 6.08 Å². The Balaban J connectivity index is 2.81. The van der Waals surface area contributed by atoms with Crippen molar-refractivity contribution in [2.45, 2.75) is 6.42 Å². The van der Waals surface area contributed by atoms with Crippen molar-refractivity contribution in [1.29, 1.82) is 0 Å². The van der Waals surface area contributed by atoms with Gasteiger partial charge in [-0.3, -0.25) is 4.98 Å². The Bertz CT molecular complexity index is 246. The van der Waals surface area contributed by atoms with Crippen LogP contribution in [0, 0.1) is 0 Å². The molecule has 0 amide bonds. The number of pyridine rings is 1. The molecule has 0 saturated heterocycles. The molecule has 1 aromatic heterocycles. The largest absolute Gasteiger partial charge is 0.260 e. The summed E-state index contributed by atoms with van der Waals surface area (Å²) in [5, 5.41) is 0. The summed E-state index contributed by atoms with van der Waals surface area (Å²) >= 11 is 0. The van der Waals surface area contributed by atoms with Crippen molar-refractivity contribution in [3.8, 4) is 0 Å². The zero-order valence-corrected chi connectivity index (χ0v) is 6.46. The number of aromatic nitrogens is 1. The van der Waals surface area contributed by atoms with Crippen LogP contribution in [0.2, 0.25) is 0 Å². The molecular weight excluding hydrogens is 134 g/mol. The smallest absolute Gasteiger partial charge is 0.0441 e. The fraction of sp³-hybridized carbons (Fsp3) is 0.100. The third kappa shape index (κ3) is 2.04. The molecule has 0 N–H and O–H groups in total. The second-order valence-electron chi connectivity index (χ2n) is 2.28. The van der Waals surface area contributed by atoms with Gasteiger partial charge < -0.3 is 0 Å². The maximum atomic E-state index is 4.20. The minimum atomic E-state index is 0.831. The Morgan fingerprint density at radius 1 is 1.36 bits per heavy atom. The molecule has 0 aliphatic rings. The number of rotatable bonds is 3. The third-order valence-corrected chi connectivity index (χ3v) is 1.44. The Morgan fingerprint density at radius 3 is 2.64 bits per heavy atom. The molecular formula is C10H11N. The van der Waals surface area contributed by atoms with Gasteiger partial charge in [0.2, 0.25) is 0 Å². The van der Waals surface area contributed by atoms with Gasteiger partial charge in [0.15, 0.2) is 0 Å². The van der Waals surface area contributed by atoms with Crippen LogP contribution in [0.5, 0.6) is 0 Å². The molecule has 56 valence electrons. The van der Waals surface area contributed by atoms with Crippen molar-refractivity contribution in [3.63, 3.8) is 0 Å². The van der Waals surface area contributed by atoms with Crippen LogP contribution in [0.25, 0.3) is 6.08 Å². The zero-order valence-electron chi connectivity index (χ0n) is 6.46. The molecule has 0 radical (unpaired) electrons. The first-order valence-corrected chi connectivity index (χ1v) is 3.55. The minimum absolute atomic E-state index is 0.831. The maximum Gasteiger partial charge on any atom is 0.0441 e. The van der Waals surface area contributed by atoms with Gasteiger partial charge in [-0.1, -0.05) is 24.8 Å². The Kier molecular flexibility index (Phi) is 2.61. The quantitative estimate of drug-likeness (QED) is 0.595. The Hall–Kier alpha value is -1.37. The van der Waals surface area contributed by atoms with E-state index in [1.165, 1.54) is 0 Å². The van der Waals surface area contributed by atoms with Crippen molar-refractivity contribution < 1.29 is 0 Å². The van der Waals surface area contributed by atoms with Crippen molar-refractivity contribution >= 4 is 6.08 Å². The number of hydrogen-bond donors (Lipinski definition) is 0. The highest BCUT2D eigenvalue weighted by molar-refractivity contribution is 5.44. The molecule has 0 saturated carbocycles. The second kappa shape index (κ2) is 3.71. The van der Waals surface area contributed by atoms with Gasteiger partial charge in [0.1, 0.15) is 0 Å². The maximum absolute atomic E-state index is 4.20. The lowest BCUT2D eigenvalue weighted by atomic mass is 10.2. The van der Waals surface area contributed by atoms with Crippen LogP contribution in [0.15, 0.2) is 37.6 Å². The summed E-state index contributed by atoms with van der Waals surface area (Å²) in [7, 11) is 0. The van der Waals surface area contributed by atoms with Gasteiger partial charge in [0, 0.05) is 18.3 Å². The normalized spacial score (nSPS) is 9.09. The summed E-state index contributed by atoms with van der Waals surface area (Å²) in [5.41, 5.74) is 2.10. The van der Waals surface area contributed by atoms with E-state index in [4.69, 9.17) is 0 Å². The number of allylic oxidation sites excluding steroid dienone is 1. The van der Waals surface area contributed by atoms with Gasteiger partial charge in [0.05, 0.1) is 0 Å². The first-order chi connectivity index (χ1) is 5.36. The van der Waals surface area contributed by atoms with E-state index in [0.717, 1.165) is 17.7 Å². The van der Waals surface area contributed by atoms with Crippen LogP contribution in [-0.4, -0.2) is 4.98 Å². The molecule has 0 atom stereocenters. The molecule has 1 aromatic rings. The molecule has 0 aliphatic heterocycles. The zero-order chi connectivity index (χ0) is 8.10. The van der Waals surface area contributed by atoms with E-state index >= 15 is 0 Å². The monoisotopic (exact) mass is 145 g/mol. The summed E-state index contributed by atoms with van der Waals surface area (Å²) in [5.74, 6) is 0. The molecule has 1 nitrogen and oxygen atoms in total. The van der Waals surface area contributed by atoms with Crippen LogP contribution in [-0.2, 0) is 6.42 Å². The van der Waals surface area contributed by atoms with E-state index < -0.39 is 0 Å². The summed E-state index contributed by atoms with van der Waals surface area (Å²) in [4.78, 5) is 4.20. The van der Waals surface area contributed by atoms with Gasteiger partial charge in [-0.2, -0.15) is 0 Å². The van der Waals surface area contributed by atoms with Crippen molar-refractivity contribution in [1.82, 2.24) is 4.98 Å². The Morgan fingerprint density at radius 2 is 2.18 bits per heavy atom. The van der Waals surface area contributed by atoms with Crippen LogP contribution in [0.1, 0.15) is 11.3 Å². The summed E-state index contributed by atoms with van der Waals surface area (Å²) < 4.78 is 0. The number of nitrogens with zero attached hydrogens (tertiary/aromatic N) is 1. The van der Waals surface area contributed by atoms with Crippen LogP contribution >= 0.6 is 0 Å². The average Bonchev–Trinajstić information content (AvgIpc) is 2.07. The molecule has 1 rings (SSSR count). The SMILES string of the molecule is C=CCc1ccc(C=C)cn1. The molecule has 1 heterocycles. The lowest BCUT2D eigenvalue weighted by Crippen LogP contribution is -1.85. The second-order valence-corrected chi connectivity index (χ2v) is 2.28. The topological polar surface area (TPSA) is 12.9 Å². The van der Waals surface area contributed by atoms with Crippen molar-refractivity contribution in [2.75, 3.05) is 0 Å². The predicted octanol–water partition coefficient (Wildman–Crippen LogP) is 2.45. The van der Waals surface area contributed by atoms with E-state index in [-0.39, 0.29) is 0 Å². The van der Waals surface area contributed by atoms with Crippen molar-refractivity contribution in [2.24, 2.45) is 0 Å². The molecule has 0 spiro atoms. The van der Waals surface area contributed by atoms with E-state index in [9.17, 15) is 0 Å². The molecule has 0 unspecified atom stereocenters. The highest BCUT2D eigenvalue weighted by Gasteiger charge is 1.89. The van der Waals surface area contributed by atoms with Gasteiger partial charge in [0.25, 0.3) is 0 Å². The third-order valence-electron chi connectivity index (χ3n) is 1.44. The fourth-order valence-corrected chi connectivity index (χ4v) is 0.825. The first kappa shape index (κ1) is 7.73. The summed E-state index contributed by atoms with van der Waals surface area (Å²) in [6.07, 6.45) is 6.27. The van der Waals surface area contributed by atoms with Crippen LogP contribution in [0.4, 0.5) is 0 Å². The van der Waals surface area contributed by atoms with Gasteiger partial charge in [-0.15, -0.1) is 6.58 Å². The summed E-state index contributed by atoms with van der Waals surface area (Å²) in [6.45, 7) is 7.28. The lowest BCUT2D eigenvalue weighted by molar-refractivity contribution is 1.11. The van der Waals surface area contributed by atoms with E-state index in [1.807, 2.05) is 24.4 Å². The standard InChI is InChI=1S/C10H11N/c1-3-5-10-7-6-9(4-2)8-11-10/h3-4,6-8H,1-2,5H2.